The molecule has 0 fully saturated rings. The SMILES string of the molecule is CCC(C)C(NC)c1cncc(OC)c1. The van der Waals surface area contributed by atoms with Crippen molar-refractivity contribution in [1.29, 1.82) is 0 Å². The summed E-state index contributed by atoms with van der Waals surface area (Å²) < 4.78 is 5.17. The van der Waals surface area contributed by atoms with E-state index in [1.54, 1.807) is 13.3 Å². The van der Waals surface area contributed by atoms with Crippen molar-refractivity contribution < 1.29 is 4.74 Å². The van der Waals surface area contributed by atoms with Gasteiger partial charge in [-0.05, 0) is 24.6 Å². The van der Waals surface area contributed by atoms with Crippen LogP contribution in [0.25, 0.3) is 0 Å². The zero-order valence-electron chi connectivity index (χ0n) is 9.95. The molecule has 0 aliphatic rings. The van der Waals surface area contributed by atoms with Gasteiger partial charge in [0.2, 0.25) is 0 Å². The number of hydrogen-bond acceptors (Lipinski definition) is 3. The molecule has 15 heavy (non-hydrogen) atoms. The summed E-state index contributed by atoms with van der Waals surface area (Å²) in [5.41, 5.74) is 1.19. The Kier molecular flexibility index (Phi) is 4.56. The molecule has 84 valence electrons. The molecular formula is C12H20N2O. The van der Waals surface area contributed by atoms with Gasteiger partial charge in [0, 0.05) is 12.2 Å². The average molecular weight is 208 g/mol. The van der Waals surface area contributed by atoms with Gasteiger partial charge in [0.1, 0.15) is 5.75 Å². The van der Waals surface area contributed by atoms with Gasteiger partial charge in [-0.3, -0.25) is 4.98 Å². The fourth-order valence-corrected chi connectivity index (χ4v) is 1.73. The van der Waals surface area contributed by atoms with Crippen molar-refractivity contribution in [3.8, 4) is 5.75 Å². The van der Waals surface area contributed by atoms with E-state index < -0.39 is 0 Å². The van der Waals surface area contributed by atoms with Gasteiger partial charge in [0.25, 0.3) is 0 Å². The third kappa shape index (κ3) is 2.93. The molecule has 0 bridgehead atoms. The Morgan fingerprint density at radius 3 is 2.73 bits per heavy atom. The van der Waals surface area contributed by atoms with E-state index in [1.165, 1.54) is 5.56 Å². The molecule has 1 aromatic heterocycles. The number of ether oxygens (including phenoxy) is 1. The Balaban J connectivity index is 2.91. The number of rotatable bonds is 5. The number of nitrogens with zero attached hydrogens (tertiary/aromatic N) is 1. The number of aromatic nitrogens is 1. The Bertz CT molecular complexity index is 301. The predicted molar refractivity (Wildman–Crippen MR) is 62.0 cm³/mol. The first kappa shape index (κ1) is 12.0. The molecule has 2 atom stereocenters. The van der Waals surface area contributed by atoms with Crippen LogP contribution in [0.4, 0.5) is 0 Å². The molecule has 0 aromatic carbocycles. The molecule has 3 heteroatoms. The highest BCUT2D eigenvalue weighted by molar-refractivity contribution is 5.26. The van der Waals surface area contributed by atoms with E-state index in [9.17, 15) is 0 Å². The number of pyridine rings is 1. The van der Waals surface area contributed by atoms with Gasteiger partial charge in [0.15, 0.2) is 0 Å². The number of nitrogens with one attached hydrogen (secondary N) is 1. The molecule has 0 radical (unpaired) electrons. The molecule has 0 saturated carbocycles. The monoisotopic (exact) mass is 208 g/mol. The molecule has 0 aliphatic carbocycles. The first-order valence-electron chi connectivity index (χ1n) is 5.39. The van der Waals surface area contributed by atoms with Gasteiger partial charge in [-0.15, -0.1) is 0 Å². The summed E-state index contributed by atoms with van der Waals surface area (Å²) in [5, 5.41) is 3.32. The van der Waals surface area contributed by atoms with Crippen LogP contribution in [0.15, 0.2) is 18.5 Å². The summed E-state index contributed by atoms with van der Waals surface area (Å²) in [6, 6.07) is 2.39. The van der Waals surface area contributed by atoms with Crippen LogP contribution in [0.3, 0.4) is 0 Å². The van der Waals surface area contributed by atoms with Gasteiger partial charge in [-0.25, -0.2) is 0 Å². The average Bonchev–Trinajstić information content (AvgIpc) is 2.30. The minimum atomic E-state index is 0.345. The maximum atomic E-state index is 5.17. The molecule has 1 N–H and O–H groups in total. The van der Waals surface area contributed by atoms with E-state index in [0.29, 0.717) is 12.0 Å². The molecule has 0 amide bonds. The predicted octanol–water partition coefficient (Wildman–Crippen LogP) is 2.40. The van der Waals surface area contributed by atoms with Crippen LogP contribution in [0.1, 0.15) is 31.9 Å². The van der Waals surface area contributed by atoms with E-state index >= 15 is 0 Å². The van der Waals surface area contributed by atoms with E-state index in [-0.39, 0.29) is 0 Å². The lowest BCUT2D eigenvalue weighted by Crippen LogP contribution is -2.23. The van der Waals surface area contributed by atoms with Crippen LogP contribution >= 0.6 is 0 Å². The van der Waals surface area contributed by atoms with Crippen molar-refractivity contribution in [3.63, 3.8) is 0 Å². The molecule has 1 heterocycles. The molecule has 0 aliphatic heterocycles. The molecule has 2 unspecified atom stereocenters. The lowest BCUT2D eigenvalue weighted by Gasteiger charge is -2.22. The normalized spacial score (nSPS) is 14.7. The van der Waals surface area contributed by atoms with Crippen LogP contribution in [0.2, 0.25) is 0 Å². The summed E-state index contributed by atoms with van der Waals surface area (Å²) in [5.74, 6) is 1.40. The van der Waals surface area contributed by atoms with E-state index in [1.807, 2.05) is 19.3 Å². The van der Waals surface area contributed by atoms with Gasteiger partial charge in [-0.1, -0.05) is 20.3 Å². The van der Waals surface area contributed by atoms with Gasteiger partial charge >= 0.3 is 0 Å². The largest absolute Gasteiger partial charge is 0.495 e. The third-order valence-corrected chi connectivity index (χ3v) is 2.85. The molecule has 0 saturated heterocycles. The second-order valence-corrected chi connectivity index (χ2v) is 3.81. The molecule has 1 aromatic rings. The minimum absolute atomic E-state index is 0.345. The van der Waals surface area contributed by atoms with Crippen molar-refractivity contribution in [2.75, 3.05) is 14.2 Å². The van der Waals surface area contributed by atoms with Crippen molar-refractivity contribution >= 4 is 0 Å². The third-order valence-electron chi connectivity index (χ3n) is 2.85. The Morgan fingerprint density at radius 1 is 1.47 bits per heavy atom. The zero-order valence-corrected chi connectivity index (χ0v) is 9.95. The van der Waals surface area contributed by atoms with Gasteiger partial charge in [-0.2, -0.15) is 0 Å². The van der Waals surface area contributed by atoms with Crippen LogP contribution in [0.5, 0.6) is 5.75 Å². The highest BCUT2D eigenvalue weighted by Gasteiger charge is 2.16. The first-order chi connectivity index (χ1) is 7.22. The summed E-state index contributed by atoms with van der Waals surface area (Å²) in [4.78, 5) is 4.18. The van der Waals surface area contributed by atoms with Gasteiger partial charge < -0.3 is 10.1 Å². The topological polar surface area (TPSA) is 34.2 Å². The van der Waals surface area contributed by atoms with Gasteiger partial charge in [0.05, 0.1) is 13.3 Å². The molecular weight excluding hydrogens is 188 g/mol. The standard InChI is InChI=1S/C12H20N2O/c1-5-9(2)12(13-3)10-6-11(15-4)8-14-7-10/h6-9,12-13H,5H2,1-4H3. The second kappa shape index (κ2) is 5.71. The lowest BCUT2D eigenvalue weighted by atomic mass is 9.94. The summed E-state index contributed by atoms with van der Waals surface area (Å²) in [6.07, 6.45) is 4.77. The van der Waals surface area contributed by atoms with Crippen molar-refractivity contribution in [2.45, 2.75) is 26.3 Å². The summed E-state index contributed by atoms with van der Waals surface area (Å²) in [7, 11) is 3.65. The first-order valence-corrected chi connectivity index (χ1v) is 5.39. The van der Waals surface area contributed by atoms with E-state index in [0.717, 1.165) is 12.2 Å². The number of methoxy groups -OCH3 is 1. The molecule has 0 spiro atoms. The minimum Gasteiger partial charge on any atom is -0.495 e. The van der Waals surface area contributed by atoms with Crippen molar-refractivity contribution in [1.82, 2.24) is 10.3 Å². The summed E-state index contributed by atoms with van der Waals surface area (Å²) in [6.45, 7) is 4.43. The van der Waals surface area contributed by atoms with Crippen LogP contribution < -0.4 is 10.1 Å². The van der Waals surface area contributed by atoms with E-state index in [2.05, 4.69) is 24.1 Å². The fraction of sp³-hybridized carbons (Fsp3) is 0.583. The van der Waals surface area contributed by atoms with Crippen LogP contribution in [-0.4, -0.2) is 19.1 Å². The molecule has 3 nitrogen and oxygen atoms in total. The smallest absolute Gasteiger partial charge is 0.137 e. The fourth-order valence-electron chi connectivity index (χ4n) is 1.73. The van der Waals surface area contributed by atoms with Crippen LogP contribution in [-0.2, 0) is 0 Å². The second-order valence-electron chi connectivity index (χ2n) is 3.81. The van der Waals surface area contributed by atoms with E-state index in [4.69, 9.17) is 4.74 Å². The lowest BCUT2D eigenvalue weighted by molar-refractivity contribution is 0.390. The highest BCUT2D eigenvalue weighted by atomic mass is 16.5. The Morgan fingerprint density at radius 2 is 2.20 bits per heavy atom. The maximum Gasteiger partial charge on any atom is 0.137 e. The zero-order chi connectivity index (χ0) is 11.3. The Hall–Kier alpha value is -1.09. The number of hydrogen-bond donors (Lipinski definition) is 1. The highest BCUT2D eigenvalue weighted by Crippen LogP contribution is 2.25. The summed E-state index contributed by atoms with van der Waals surface area (Å²) >= 11 is 0. The molecule has 1 rings (SSSR count). The maximum absolute atomic E-state index is 5.17. The van der Waals surface area contributed by atoms with Crippen molar-refractivity contribution in [3.05, 3.63) is 24.0 Å². The quantitative estimate of drug-likeness (QED) is 0.806. The van der Waals surface area contributed by atoms with Crippen molar-refractivity contribution in [2.24, 2.45) is 5.92 Å². The van der Waals surface area contributed by atoms with Crippen LogP contribution in [0, 0.1) is 5.92 Å². The Labute approximate surface area is 91.9 Å².